The third-order valence-electron chi connectivity index (χ3n) is 2.71. The Morgan fingerprint density at radius 3 is 2.11 bits per heavy atom. The van der Waals surface area contributed by atoms with Crippen LogP contribution in [0.5, 0.6) is 0 Å². The SMILES string of the molecule is C=CC(O)CCCCC.CCCCCCC=CO. The second-order valence-corrected chi connectivity index (χ2v) is 4.53. The first-order chi connectivity index (χ1) is 8.72. The van der Waals surface area contributed by atoms with Gasteiger partial charge in [-0.3, -0.25) is 0 Å². The molecular formula is C16H32O2. The molecule has 0 aromatic carbocycles. The van der Waals surface area contributed by atoms with Crippen LogP contribution in [0.25, 0.3) is 0 Å². The molecule has 2 N–H and O–H groups in total. The Bertz CT molecular complexity index is 176. The van der Waals surface area contributed by atoms with E-state index in [0.717, 1.165) is 25.5 Å². The van der Waals surface area contributed by atoms with Crippen molar-refractivity contribution in [1.82, 2.24) is 0 Å². The maximum absolute atomic E-state index is 8.97. The summed E-state index contributed by atoms with van der Waals surface area (Å²) in [6, 6.07) is 0. The van der Waals surface area contributed by atoms with Crippen molar-refractivity contribution in [3.63, 3.8) is 0 Å². The molecule has 0 aromatic heterocycles. The zero-order valence-corrected chi connectivity index (χ0v) is 12.3. The lowest BCUT2D eigenvalue weighted by atomic mass is 10.1. The van der Waals surface area contributed by atoms with Crippen LogP contribution in [-0.4, -0.2) is 16.3 Å². The summed E-state index contributed by atoms with van der Waals surface area (Å²) in [6.07, 6.45) is 14.8. The fourth-order valence-corrected chi connectivity index (χ4v) is 1.48. The second-order valence-electron chi connectivity index (χ2n) is 4.53. The van der Waals surface area contributed by atoms with Crippen LogP contribution in [-0.2, 0) is 0 Å². The van der Waals surface area contributed by atoms with Gasteiger partial charge in [-0.1, -0.05) is 64.5 Å². The Labute approximate surface area is 113 Å². The average molecular weight is 256 g/mol. The van der Waals surface area contributed by atoms with Crippen molar-refractivity contribution in [2.75, 3.05) is 0 Å². The Morgan fingerprint density at radius 1 is 1.00 bits per heavy atom. The van der Waals surface area contributed by atoms with Crippen molar-refractivity contribution in [2.24, 2.45) is 0 Å². The van der Waals surface area contributed by atoms with Crippen molar-refractivity contribution < 1.29 is 10.2 Å². The van der Waals surface area contributed by atoms with Crippen LogP contribution >= 0.6 is 0 Å². The van der Waals surface area contributed by atoms with Crippen molar-refractivity contribution in [2.45, 2.75) is 77.7 Å². The third-order valence-corrected chi connectivity index (χ3v) is 2.71. The van der Waals surface area contributed by atoms with Gasteiger partial charge in [0.25, 0.3) is 0 Å². The number of hydrogen-bond acceptors (Lipinski definition) is 2. The van der Waals surface area contributed by atoms with Gasteiger partial charge >= 0.3 is 0 Å². The van der Waals surface area contributed by atoms with Crippen molar-refractivity contribution >= 4 is 0 Å². The van der Waals surface area contributed by atoms with Gasteiger partial charge < -0.3 is 10.2 Å². The van der Waals surface area contributed by atoms with Crippen LogP contribution in [0.1, 0.15) is 71.6 Å². The second kappa shape index (κ2) is 18.6. The Kier molecular flexibility index (Phi) is 20.2. The third kappa shape index (κ3) is 20.6. The van der Waals surface area contributed by atoms with Gasteiger partial charge in [0.1, 0.15) is 0 Å². The van der Waals surface area contributed by atoms with Gasteiger partial charge in [0.2, 0.25) is 0 Å². The molecule has 0 fully saturated rings. The van der Waals surface area contributed by atoms with E-state index in [9.17, 15) is 0 Å². The summed E-state index contributed by atoms with van der Waals surface area (Å²) in [5.74, 6) is 0. The minimum absolute atomic E-state index is 0.281. The maximum Gasteiger partial charge on any atom is 0.0751 e. The molecule has 0 radical (unpaired) electrons. The van der Waals surface area contributed by atoms with Gasteiger partial charge in [-0.15, -0.1) is 6.58 Å². The van der Waals surface area contributed by atoms with E-state index in [4.69, 9.17) is 10.2 Å². The zero-order valence-electron chi connectivity index (χ0n) is 12.3. The number of aliphatic hydroxyl groups excluding tert-OH is 2. The Balaban J connectivity index is 0. The largest absolute Gasteiger partial charge is 0.516 e. The molecule has 1 atom stereocenters. The molecule has 0 heterocycles. The molecule has 108 valence electrons. The highest BCUT2D eigenvalue weighted by molar-refractivity contribution is 4.77. The molecule has 2 nitrogen and oxygen atoms in total. The van der Waals surface area contributed by atoms with Gasteiger partial charge in [-0.05, 0) is 19.3 Å². The summed E-state index contributed by atoms with van der Waals surface area (Å²) < 4.78 is 0. The first-order valence-electron chi connectivity index (χ1n) is 7.32. The van der Waals surface area contributed by atoms with Crippen LogP contribution < -0.4 is 0 Å². The van der Waals surface area contributed by atoms with Gasteiger partial charge in [0.05, 0.1) is 12.4 Å². The van der Waals surface area contributed by atoms with E-state index in [2.05, 4.69) is 20.4 Å². The molecule has 0 rings (SSSR count). The van der Waals surface area contributed by atoms with Crippen LogP contribution in [0.2, 0.25) is 0 Å². The van der Waals surface area contributed by atoms with Crippen molar-refractivity contribution in [1.29, 1.82) is 0 Å². The molecule has 0 aliphatic carbocycles. The first kappa shape index (κ1) is 19.6. The van der Waals surface area contributed by atoms with E-state index in [1.165, 1.54) is 38.5 Å². The van der Waals surface area contributed by atoms with E-state index < -0.39 is 0 Å². The smallest absolute Gasteiger partial charge is 0.0751 e. The quantitative estimate of drug-likeness (QED) is 0.323. The molecule has 0 saturated heterocycles. The highest BCUT2D eigenvalue weighted by Gasteiger charge is 1.94. The molecular weight excluding hydrogens is 224 g/mol. The fraction of sp³-hybridized carbons (Fsp3) is 0.750. The van der Waals surface area contributed by atoms with Gasteiger partial charge in [0.15, 0.2) is 0 Å². The highest BCUT2D eigenvalue weighted by Crippen LogP contribution is 2.03. The molecule has 2 heteroatoms. The summed E-state index contributed by atoms with van der Waals surface area (Å²) in [6.45, 7) is 7.84. The molecule has 0 spiro atoms. The van der Waals surface area contributed by atoms with Gasteiger partial charge in [-0.2, -0.15) is 0 Å². The van der Waals surface area contributed by atoms with E-state index in [0.29, 0.717) is 0 Å². The standard InChI is InChI=1S/2C8H16O/c1-3-5-6-7-8(9)4-2;1-2-3-4-5-6-7-8-9/h4,8-9H,2-3,5-7H2,1H3;7-9H,2-6H2,1H3. The normalized spacial score (nSPS) is 11.9. The Hall–Kier alpha value is -0.760. The number of rotatable bonds is 10. The topological polar surface area (TPSA) is 40.5 Å². The van der Waals surface area contributed by atoms with Gasteiger partial charge in [-0.25, -0.2) is 0 Å². The fourth-order valence-electron chi connectivity index (χ4n) is 1.48. The van der Waals surface area contributed by atoms with Crippen LogP contribution in [0.4, 0.5) is 0 Å². The summed E-state index contributed by atoms with van der Waals surface area (Å²) >= 11 is 0. The minimum atomic E-state index is -0.281. The minimum Gasteiger partial charge on any atom is -0.516 e. The first-order valence-corrected chi connectivity index (χ1v) is 7.32. The molecule has 0 saturated carbocycles. The molecule has 0 aliphatic heterocycles. The number of allylic oxidation sites excluding steroid dienone is 1. The summed E-state index contributed by atoms with van der Waals surface area (Å²) in [4.78, 5) is 0. The monoisotopic (exact) mass is 256 g/mol. The zero-order chi connectivity index (χ0) is 14.1. The lowest BCUT2D eigenvalue weighted by Crippen LogP contribution is -1.99. The van der Waals surface area contributed by atoms with Crippen LogP contribution in [0, 0.1) is 0 Å². The van der Waals surface area contributed by atoms with Gasteiger partial charge in [0, 0.05) is 0 Å². The van der Waals surface area contributed by atoms with Crippen molar-refractivity contribution in [3.8, 4) is 0 Å². The summed E-state index contributed by atoms with van der Waals surface area (Å²) in [5.41, 5.74) is 0. The van der Waals surface area contributed by atoms with Crippen LogP contribution in [0.3, 0.4) is 0 Å². The molecule has 1 unspecified atom stereocenters. The highest BCUT2D eigenvalue weighted by atomic mass is 16.3. The lowest BCUT2D eigenvalue weighted by Gasteiger charge is -2.01. The maximum atomic E-state index is 8.97. The van der Waals surface area contributed by atoms with E-state index >= 15 is 0 Å². The molecule has 0 aromatic rings. The van der Waals surface area contributed by atoms with Crippen molar-refractivity contribution in [3.05, 3.63) is 25.0 Å². The number of unbranched alkanes of at least 4 members (excludes halogenated alkanes) is 6. The molecule has 18 heavy (non-hydrogen) atoms. The molecule has 0 amide bonds. The average Bonchev–Trinajstić information content (AvgIpc) is 2.39. The number of hydrogen-bond donors (Lipinski definition) is 2. The molecule has 0 aliphatic rings. The number of aliphatic hydroxyl groups is 2. The van der Waals surface area contributed by atoms with Crippen LogP contribution in [0.15, 0.2) is 25.0 Å². The molecule has 0 bridgehead atoms. The van der Waals surface area contributed by atoms with E-state index in [1.54, 1.807) is 12.2 Å². The predicted molar refractivity (Wildman–Crippen MR) is 80.9 cm³/mol. The predicted octanol–water partition coefficient (Wildman–Crippen LogP) is 5.14. The lowest BCUT2D eigenvalue weighted by molar-refractivity contribution is 0.208. The van der Waals surface area contributed by atoms with E-state index in [1.807, 2.05) is 0 Å². The summed E-state index contributed by atoms with van der Waals surface area (Å²) in [7, 11) is 0. The Morgan fingerprint density at radius 2 is 1.61 bits per heavy atom. The summed E-state index contributed by atoms with van der Waals surface area (Å²) in [5, 5.41) is 17.2. The van der Waals surface area contributed by atoms with E-state index in [-0.39, 0.29) is 6.10 Å².